The Morgan fingerprint density at radius 2 is 1.67 bits per heavy atom. The molecule has 0 heterocycles. The summed E-state index contributed by atoms with van der Waals surface area (Å²) in [6, 6.07) is 4.17. The zero-order valence-electron chi connectivity index (χ0n) is 12.1. The molecule has 0 amide bonds. The van der Waals surface area contributed by atoms with Crippen molar-refractivity contribution in [3.05, 3.63) is 28.8 Å². The van der Waals surface area contributed by atoms with Crippen molar-refractivity contribution in [3.63, 3.8) is 0 Å². The average molecular weight is 251 g/mol. The molecule has 3 heteroatoms. The SMILES string of the molecule is Cc1cc(O)c(CN(CC(C)O)C(C)C)cc1C. The number of phenols is 1. The summed E-state index contributed by atoms with van der Waals surface area (Å²) in [7, 11) is 0. The van der Waals surface area contributed by atoms with Gasteiger partial charge >= 0.3 is 0 Å². The Morgan fingerprint density at radius 1 is 1.11 bits per heavy atom. The zero-order chi connectivity index (χ0) is 13.9. The summed E-state index contributed by atoms with van der Waals surface area (Å²) in [5.74, 6) is 0.342. The van der Waals surface area contributed by atoms with Crippen molar-refractivity contribution < 1.29 is 10.2 Å². The number of aliphatic hydroxyl groups excluding tert-OH is 1. The number of aromatic hydroxyl groups is 1. The van der Waals surface area contributed by atoms with Crippen molar-refractivity contribution in [2.45, 2.75) is 53.3 Å². The lowest BCUT2D eigenvalue weighted by molar-refractivity contribution is 0.102. The molecule has 1 atom stereocenters. The first-order valence-electron chi connectivity index (χ1n) is 6.52. The van der Waals surface area contributed by atoms with Crippen LogP contribution in [0.3, 0.4) is 0 Å². The highest BCUT2D eigenvalue weighted by Gasteiger charge is 2.15. The topological polar surface area (TPSA) is 43.7 Å². The van der Waals surface area contributed by atoms with E-state index in [-0.39, 0.29) is 6.10 Å². The maximum Gasteiger partial charge on any atom is 0.120 e. The van der Waals surface area contributed by atoms with Gasteiger partial charge in [0.05, 0.1) is 6.10 Å². The highest BCUT2D eigenvalue weighted by Crippen LogP contribution is 2.24. The van der Waals surface area contributed by atoms with Gasteiger partial charge in [-0.15, -0.1) is 0 Å². The van der Waals surface area contributed by atoms with Gasteiger partial charge in [-0.3, -0.25) is 4.90 Å². The Bertz CT molecular complexity index is 400. The molecule has 3 nitrogen and oxygen atoms in total. The predicted molar refractivity (Wildman–Crippen MR) is 74.8 cm³/mol. The van der Waals surface area contributed by atoms with Crippen molar-refractivity contribution in [1.82, 2.24) is 4.90 Å². The second-order valence-electron chi connectivity index (χ2n) is 5.44. The molecule has 1 rings (SSSR count). The van der Waals surface area contributed by atoms with Crippen LogP contribution in [0.25, 0.3) is 0 Å². The number of nitrogens with zero attached hydrogens (tertiary/aromatic N) is 1. The lowest BCUT2D eigenvalue weighted by Crippen LogP contribution is -2.36. The van der Waals surface area contributed by atoms with Crippen molar-refractivity contribution in [1.29, 1.82) is 0 Å². The second kappa shape index (κ2) is 6.21. The molecule has 0 saturated carbocycles. The maximum absolute atomic E-state index is 9.99. The minimum absolute atomic E-state index is 0.334. The van der Waals surface area contributed by atoms with Crippen LogP contribution in [0.1, 0.15) is 37.5 Å². The molecule has 1 unspecified atom stereocenters. The first-order valence-corrected chi connectivity index (χ1v) is 6.52. The normalized spacial score (nSPS) is 13.3. The van der Waals surface area contributed by atoms with Crippen molar-refractivity contribution in [2.75, 3.05) is 6.54 Å². The van der Waals surface area contributed by atoms with Gasteiger partial charge in [0.15, 0.2) is 0 Å². The summed E-state index contributed by atoms with van der Waals surface area (Å²) in [6.45, 7) is 11.3. The van der Waals surface area contributed by atoms with Gasteiger partial charge in [-0.25, -0.2) is 0 Å². The molecule has 0 aliphatic rings. The van der Waals surface area contributed by atoms with Gasteiger partial charge in [0.25, 0.3) is 0 Å². The number of aryl methyl sites for hydroxylation is 2. The largest absolute Gasteiger partial charge is 0.508 e. The van der Waals surface area contributed by atoms with E-state index in [9.17, 15) is 10.2 Å². The lowest BCUT2D eigenvalue weighted by atomic mass is 10.0. The van der Waals surface area contributed by atoms with Crippen molar-refractivity contribution in [2.24, 2.45) is 0 Å². The van der Waals surface area contributed by atoms with E-state index in [1.807, 2.05) is 26.0 Å². The summed E-state index contributed by atoms with van der Waals surface area (Å²) in [4.78, 5) is 2.16. The van der Waals surface area contributed by atoms with Gasteiger partial charge in [-0.2, -0.15) is 0 Å². The molecule has 0 saturated heterocycles. The van der Waals surface area contributed by atoms with Gasteiger partial charge in [-0.05, 0) is 51.8 Å². The molecule has 0 aliphatic heterocycles. The van der Waals surface area contributed by atoms with Crippen LogP contribution in [0.15, 0.2) is 12.1 Å². The van der Waals surface area contributed by atoms with Gasteiger partial charge in [0, 0.05) is 24.7 Å². The quantitative estimate of drug-likeness (QED) is 0.845. The van der Waals surface area contributed by atoms with E-state index >= 15 is 0 Å². The standard InChI is InChI=1S/C15H25NO2/c1-10(2)16(8-13(5)17)9-14-6-11(3)12(4)7-15(14)18/h6-7,10,13,17-18H,8-9H2,1-5H3. The van der Waals surface area contributed by atoms with E-state index in [1.165, 1.54) is 5.56 Å². The Morgan fingerprint density at radius 3 is 2.17 bits per heavy atom. The van der Waals surface area contributed by atoms with Gasteiger partial charge < -0.3 is 10.2 Å². The highest BCUT2D eigenvalue weighted by atomic mass is 16.3. The fourth-order valence-corrected chi connectivity index (χ4v) is 2.00. The molecular formula is C15H25NO2. The third-order valence-corrected chi connectivity index (χ3v) is 3.30. The van der Waals surface area contributed by atoms with Crippen LogP contribution in [0.4, 0.5) is 0 Å². The van der Waals surface area contributed by atoms with Crippen LogP contribution >= 0.6 is 0 Å². The van der Waals surface area contributed by atoms with E-state index < -0.39 is 0 Å². The first kappa shape index (κ1) is 15.0. The molecule has 102 valence electrons. The summed E-state index contributed by atoms with van der Waals surface area (Å²) in [6.07, 6.45) is -0.360. The molecule has 0 aliphatic carbocycles. The van der Waals surface area contributed by atoms with Crippen LogP contribution < -0.4 is 0 Å². The number of rotatable bonds is 5. The molecule has 0 bridgehead atoms. The van der Waals surface area contributed by atoms with Gasteiger partial charge in [0.1, 0.15) is 5.75 Å². The monoisotopic (exact) mass is 251 g/mol. The van der Waals surface area contributed by atoms with E-state index in [0.29, 0.717) is 24.9 Å². The molecule has 1 aromatic rings. The second-order valence-corrected chi connectivity index (χ2v) is 5.44. The number of benzene rings is 1. The van der Waals surface area contributed by atoms with E-state index in [4.69, 9.17) is 0 Å². The molecule has 1 aromatic carbocycles. The Balaban J connectivity index is 2.90. The molecular weight excluding hydrogens is 226 g/mol. The Hall–Kier alpha value is -1.06. The smallest absolute Gasteiger partial charge is 0.120 e. The van der Waals surface area contributed by atoms with Crippen LogP contribution in [0, 0.1) is 13.8 Å². The van der Waals surface area contributed by atoms with Crippen molar-refractivity contribution in [3.8, 4) is 5.75 Å². The number of hydrogen-bond acceptors (Lipinski definition) is 3. The Labute approximate surface area is 110 Å². The van der Waals surface area contributed by atoms with Gasteiger partial charge in [0.2, 0.25) is 0 Å². The number of hydrogen-bond donors (Lipinski definition) is 2. The highest BCUT2D eigenvalue weighted by molar-refractivity contribution is 5.40. The maximum atomic E-state index is 9.99. The zero-order valence-corrected chi connectivity index (χ0v) is 12.1. The third-order valence-electron chi connectivity index (χ3n) is 3.30. The molecule has 2 N–H and O–H groups in total. The molecule has 0 spiro atoms. The predicted octanol–water partition coefficient (Wildman–Crippen LogP) is 2.60. The van der Waals surface area contributed by atoms with Crippen LogP contribution in [-0.2, 0) is 6.54 Å². The minimum atomic E-state index is -0.360. The molecule has 18 heavy (non-hydrogen) atoms. The van der Waals surface area contributed by atoms with Gasteiger partial charge in [-0.1, -0.05) is 6.07 Å². The van der Waals surface area contributed by atoms with Crippen molar-refractivity contribution >= 4 is 0 Å². The minimum Gasteiger partial charge on any atom is -0.508 e. The van der Waals surface area contributed by atoms with E-state index in [1.54, 1.807) is 6.92 Å². The molecule has 0 aromatic heterocycles. The number of aliphatic hydroxyl groups is 1. The summed E-state index contributed by atoms with van der Waals surface area (Å²) >= 11 is 0. The van der Waals surface area contributed by atoms with E-state index in [0.717, 1.165) is 11.1 Å². The first-order chi connectivity index (χ1) is 8.31. The summed E-state index contributed by atoms with van der Waals surface area (Å²) in [5.41, 5.74) is 3.21. The van der Waals surface area contributed by atoms with E-state index in [2.05, 4.69) is 18.7 Å². The van der Waals surface area contributed by atoms with Crippen LogP contribution in [-0.4, -0.2) is 33.8 Å². The third kappa shape index (κ3) is 4.00. The van der Waals surface area contributed by atoms with Crippen LogP contribution in [0.5, 0.6) is 5.75 Å². The summed E-state index contributed by atoms with van der Waals surface area (Å²) in [5, 5.41) is 19.5. The molecule has 0 radical (unpaired) electrons. The van der Waals surface area contributed by atoms with Crippen LogP contribution in [0.2, 0.25) is 0 Å². The molecule has 0 fully saturated rings. The lowest BCUT2D eigenvalue weighted by Gasteiger charge is -2.28. The Kier molecular flexibility index (Phi) is 5.17. The number of phenolic OH excluding ortho intramolecular Hbond substituents is 1. The summed E-state index contributed by atoms with van der Waals surface area (Å²) < 4.78 is 0. The average Bonchev–Trinajstić information content (AvgIpc) is 2.23. The fraction of sp³-hybridized carbons (Fsp3) is 0.600. The fourth-order valence-electron chi connectivity index (χ4n) is 2.00.